The van der Waals surface area contributed by atoms with Gasteiger partial charge in [-0.05, 0) is 25.7 Å². The van der Waals surface area contributed by atoms with E-state index in [-0.39, 0.29) is 13.1 Å². The Labute approximate surface area is 155 Å². The zero-order valence-corrected chi connectivity index (χ0v) is 14.8. The van der Waals surface area contributed by atoms with Gasteiger partial charge in [0.1, 0.15) is 12.1 Å². The monoisotopic (exact) mass is 384 g/mol. The summed E-state index contributed by atoms with van der Waals surface area (Å²) >= 11 is 0. The van der Waals surface area contributed by atoms with Gasteiger partial charge in [0.05, 0.1) is 19.0 Å². The summed E-state index contributed by atoms with van der Waals surface area (Å²) < 4.78 is 0. The summed E-state index contributed by atoms with van der Waals surface area (Å²) in [5.74, 6) is -3.94. The minimum absolute atomic E-state index is 0.283. The molecule has 3 atom stereocenters. The number of nitrogens with two attached hydrogens (primary N) is 1. The number of likely N-dealkylation sites (tertiary alicyclic amines) is 2. The van der Waals surface area contributed by atoms with Crippen LogP contribution in [0.25, 0.3) is 0 Å². The summed E-state index contributed by atoms with van der Waals surface area (Å²) in [6, 6.07) is -2.94. The lowest BCUT2D eigenvalue weighted by atomic mass is 10.1. The highest BCUT2D eigenvalue weighted by Gasteiger charge is 2.38. The molecule has 0 aromatic rings. The molecule has 2 fully saturated rings. The fourth-order valence-corrected chi connectivity index (χ4v) is 3.50. The van der Waals surface area contributed by atoms with E-state index in [1.54, 1.807) is 0 Å². The topological polar surface area (TPSA) is 170 Å². The van der Waals surface area contributed by atoms with Crippen LogP contribution in [0.2, 0.25) is 0 Å². The predicted octanol–water partition coefficient (Wildman–Crippen LogP) is -2.03. The predicted molar refractivity (Wildman–Crippen MR) is 90.3 cm³/mol. The summed E-state index contributed by atoms with van der Waals surface area (Å²) in [5, 5.41) is 20.3. The molecule has 0 saturated carbocycles. The first-order chi connectivity index (χ1) is 12.7. The molecule has 0 aromatic carbocycles. The first-order valence-corrected chi connectivity index (χ1v) is 8.80. The second-order valence-electron chi connectivity index (χ2n) is 6.70. The van der Waals surface area contributed by atoms with Crippen molar-refractivity contribution in [3.8, 4) is 0 Å². The molecular weight excluding hydrogens is 360 g/mol. The highest BCUT2D eigenvalue weighted by molar-refractivity contribution is 5.94. The Kier molecular flexibility index (Phi) is 6.72. The Hall–Kier alpha value is -2.69. The van der Waals surface area contributed by atoms with Gasteiger partial charge in [0.25, 0.3) is 0 Å². The minimum atomic E-state index is -1.24. The summed E-state index contributed by atoms with van der Waals surface area (Å²) in [7, 11) is 0. The molecule has 0 radical (unpaired) electrons. The number of carboxylic acids is 2. The second-order valence-corrected chi connectivity index (χ2v) is 6.70. The van der Waals surface area contributed by atoms with Crippen LogP contribution < -0.4 is 11.1 Å². The van der Waals surface area contributed by atoms with E-state index in [1.807, 2.05) is 0 Å². The van der Waals surface area contributed by atoms with Crippen LogP contribution >= 0.6 is 0 Å². The number of rotatable bonds is 7. The van der Waals surface area contributed by atoms with Crippen LogP contribution in [0.15, 0.2) is 0 Å². The highest BCUT2D eigenvalue weighted by atomic mass is 16.4. The van der Waals surface area contributed by atoms with Crippen LogP contribution in [-0.2, 0) is 24.0 Å². The summed E-state index contributed by atoms with van der Waals surface area (Å²) in [4.78, 5) is 61.2. The molecule has 2 aliphatic rings. The lowest BCUT2D eigenvalue weighted by molar-refractivity contribution is -0.148. The molecule has 27 heavy (non-hydrogen) atoms. The minimum Gasteiger partial charge on any atom is -0.481 e. The summed E-state index contributed by atoms with van der Waals surface area (Å²) in [6.45, 7) is 0.247. The van der Waals surface area contributed by atoms with Crippen molar-refractivity contribution in [2.75, 3.05) is 19.6 Å². The van der Waals surface area contributed by atoms with Crippen LogP contribution in [0.3, 0.4) is 0 Å². The second kappa shape index (κ2) is 8.80. The zero-order valence-electron chi connectivity index (χ0n) is 14.8. The maximum absolute atomic E-state index is 12.4. The number of hydrogen-bond donors (Lipinski definition) is 4. The third-order valence-electron chi connectivity index (χ3n) is 4.82. The van der Waals surface area contributed by atoms with Crippen molar-refractivity contribution in [2.45, 2.75) is 50.2 Å². The normalized spacial score (nSPS) is 23.1. The van der Waals surface area contributed by atoms with Gasteiger partial charge in [-0.25, -0.2) is 4.79 Å². The number of amides is 3. The van der Waals surface area contributed by atoms with Gasteiger partial charge in [0.15, 0.2) is 0 Å². The van der Waals surface area contributed by atoms with E-state index in [9.17, 15) is 24.0 Å². The van der Waals surface area contributed by atoms with Crippen LogP contribution in [0.5, 0.6) is 0 Å². The molecule has 2 saturated heterocycles. The molecule has 0 bridgehead atoms. The Morgan fingerprint density at radius 2 is 1.59 bits per heavy atom. The maximum Gasteiger partial charge on any atom is 0.326 e. The quantitative estimate of drug-likeness (QED) is 0.389. The number of carboxylic acid groups (broad SMARTS) is 2. The fraction of sp³-hybridized carbons (Fsp3) is 0.688. The standard InChI is InChI=1S/C16H24N4O7/c17-9(7-13(22)23)15(25)20-6-1-3-10(20)14(24)18-8-12(21)19-5-2-4-11(19)16(26)27/h9-11H,1-8,17H2,(H,18,24)(H,22,23)(H,26,27). The van der Waals surface area contributed by atoms with E-state index in [0.29, 0.717) is 32.2 Å². The lowest BCUT2D eigenvalue weighted by Crippen LogP contribution is -2.53. The SMILES string of the molecule is NC(CC(=O)O)C(=O)N1CCCC1C(=O)NCC(=O)N1CCCC1C(=O)O. The molecule has 11 heteroatoms. The molecule has 0 aromatic heterocycles. The molecule has 2 aliphatic heterocycles. The average molecular weight is 384 g/mol. The number of nitrogens with one attached hydrogen (secondary N) is 1. The third kappa shape index (κ3) is 4.94. The van der Waals surface area contributed by atoms with E-state index < -0.39 is 54.2 Å². The number of nitrogens with zero attached hydrogens (tertiary/aromatic N) is 2. The van der Waals surface area contributed by atoms with Gasteiger partial charge in [-0.1, -0.05) is 0 Å². The van der Waals surface area contributed by atoms with Crippen LogP contribution in [-0.4, -0.2) is 87.4 Å². The number of carbonyl (C=O) groups is 5. The molecule has 2 heterocycles. The number of hydrogen-bond acceptors (Lipinski definition) is 6. The van der Waals surface area contributed by atoms with Gasteiger partial charge in [-0.15, -0.1) is 0 Å². The van der Waals surface area contributed by atoms with E-state index >= 15 is 0 Å². The molecule has 150 valence electrons. The molecule has 5 N–H and O–H groups in total. The molecule has 0 spiro atoms. The fourth-order valence-electron chi connectivity index (χ4n) is 3.50. The Bertz CT molecular complexity index is 638. The van der Waals surface area contributed by atoms with Crippen molar-refractivity contribution in [3.63, 3.8) is 0 Å². The molecule has 3 amide bonds. The van der Waals surface area contributed by atoms with Crippen molar-refractivity contribution >= 4 is 29.7 Å². The smallest absolute Gasteiger partial charge is 0.326 e. The van der Waals surface area contributed by atoms with E-state index in [2.05, 4.69) is 5.32 Å². The van der Waals surface area contributed by atoms with Crippen LogP contribution in [0.1, 0.15) is 32.1 Å². The molecule has 0 aliphatic carbocycles. The van der Waals surface area contributed by atoms with Gasteiger partial charge in [0.2, 0.25) is 17.7 Å². The van der Waals surface area contributed by atoms with Crippen molar-refractivity contribution in [1.29, 1.82) is 0 Å². The van der Waals surface area contributed by atoms with E-state index in [1.165, 1.54) is 9.80 Å². The molecule has 3 unspecified atom stereocenters. The van der Waals surface area contributed by atoms with Crippen molar-refractivity contribution in [1.82, 2.24) is 15.1 Å². The summed E-state index contributed by atoms with van der Waals surface area (Å²) in [5.41, 5.74) is 5.59. The molecule has 2 rings (SSSR count). The maximum atomic E-state index is 12.4. The third-order valence-corrected chi connectivity index (χ3v) is 4.82. The van der Waals surface area contributed by atoms with Gasteiger partial charge < -0.3 is 31.1 Å². The lowest BCUT2D eigenvalue weighted by Gasteiger charge is -2.27. The first-order valence-electron chi connectivity index (χ1n) is 8.80. The van der Waals surface area contributed by atoms with Gasteiger partial charge in [-0.2, -0.15) is 0 Å². The van der Waals surface area contributed by atoms with E-state index in [0.717, 1.165) is 0 Å². The Balaban J connectivity index is 1.90. The Morgan fingerprint density at radius 1 is 1.00 bits per heavy atom. The number of carbonyl (C=O) groups excluding carboxylic acids is 3. The van der Waals surface area contributed by atoms with Gasteiger partial charge in [-0.3, -0.25) is 19.2 Å². The van der Waals surface area contributed by atoms with Crippen molar-refractivity contribution in [3.05, 3.63) is 0 Å². The first kappa shape index (κ1) is 20.6. The van der Waals surface area contributed by atoms with Crippen molar-refractivity contribution in [2.24, 2.45) is 5.73 Å². The molecule has 11 nitrogen and oxygen atoms in total. The number of aliphatic carboxylic acids is 2. The van der Waals surface area contributed by atoms with Gasteiger partial charge >= 0.3 is 11.9 Å². The zero-order chi connectivity index (χ0) is 20.1. The van der Waals surface area contributed by atoms with E-state index in [4.69, 9.17) is 15.9 Å². The largest absolute Gasteiger partial charge is 0.481 e. The van der Waals surface area contributed by atoms with Crippen LogP contribution in [0, 0.1) is 0 Å². The highest BCUT2D eigenvalue weighted by Crippen LogP contribution is 2.20. The van der Waals surface area contributed by atoms with Gasteiger partial charge in [0, 0.05) is 13.1 Å². The average Bonchev–Trinajstić information content (AvgIpc) is 3.26. The Morgan fingerprint density at radius 3 is 2.19 bits per heavy atom. The van der Waals surface area contributed by atoms with Crippen LogP contribution in [0.4, 0.5) is 0 Å². The summed E-state index contributed by atoms with van der Waals surface area (Å²) in [6.07, 6.45) is 1.37. The van der Waals surface area contributed by atoms with Crippen molar-refractivity contribution < 1.29 is 34.2 Å². The molecular formula is C16H24N4O7.